The minimum atomic E-state index is 0.913. The molecule has 4 rings (SSSR count). The Morgan fingerprint density at radius 1 is 0.340 bits per heavy atom. The minimum absolute atomic E-state index is 0.913. The van der Waals surface area contributed by atoms with Crippen LogP contribution in [0.3, 0.4) is 0 Å². The zero-order valence-corrected chi connectivity index (χ0v) is 34.5. The highest BCUT2D eigenvalue weighted by Gasteiger charge is 1.91. The molecule has 0 radical (unpaired) electrons. The Balaban J connectivity index is 0. The van der Waals surface area contributed by atoms with E-state index in [1.165, 1.54) is 44.5 Å². The molecule has 0 aliphatic heterocycles. The Labute approximate surface area is 311 Å². The van der Waals surface area contributed by atoms with E-state index in [1.54, 1.807) is 6.21 Å². The predicted molar refractivity (Wildman–Crippen MR) is 230 cm³/mol. The van der Waals surface area contributed by atoms with Crippen molar-refractivity contribution in [3.05, 3.63) is 142 Å². The van der Waals surface area contributed by atoms with Crippen LogP contribution in [-0.2, 0) is 51.4 Å². The Kier molecular flexibility index (Phi) is 34.4. The monoisotopic (exact) mass is 681 g/mol. The average Bonchev–Trinajstić information content (AvgIpc) is 3.19. The number of hydrogen-bond donors (Lipinski definition) is 1. The third kappa shape index (κ3) is 26.4. The third-order valence-corrected chi connectivity index (χ3v) is 8.22. The van der Waals surface area contributed by atoms with E-state index >= 15 is 0 Å². The van der Waals surface area contributed by atoms with Gasteiger partial charge in [-0.1, -0.05) is 166 Å². The Hall–Kier alpha value is -3.49. The quantitative estimate of drug-likeness (QED) is 0.157. The molecule has 4 aromatic rings. The lowest BCUT2D eigenvalue weighted by atomic mass is 10.1. The number of aryl methyl sites for hydroxylation is 8. The molecule has 0 unspecified atom stereocenters. The number of rotatable bonds is 11. The lowest BCUT2D eigenvalue weighted by Gasteiger charge is -1.97. The van der Waals surface area contributed by atoms with Gasteiger partial charge in [0.25, 0.3) is 0 Å². The molecule has 0 aliphatic rings. The van der Waals surface area contributed by atoms with E-state index in [2.05, 4.69) is 177 Å². The van der Waals surface area contributed by atoms with Crippen molar-refractivity contribution in [3.63, 3.8) is 0 Å². The Bertz CT molecular complexity index is 984. The van der Waals surface area contributed by atoms with E-state index in [4.69, 9.17) is 0 Å². The number of nitrogens with one attached hydrogen (secondary N) is 1. The zero-order chi connectivity index (χ0) is 37.8. The lowest BCUT2D eigenvalue weighted by molar-refractivity contribution is 0.762. The first-order valence-corrected chi connectivity index (χ1v) is 19.8. The molecular weight excluding hydrogens is 605 g/mol. The van der Waals surface area contributed by atoms with E-state index < -0.39 is 0 Å². The topological polar surface area (TPSA) is 24.4 Å². The van der Waals surface area contributed by atoms with Crippen molar-refractivity contribution in [1.82, 2.24) is 5.32 Å². The van der Waals surface area contributed by atoms with Gasteiger partial charge >= 0.3 is 0 Å². The maximum absolute atomic E-state index is 3.85. The summed E-state index contributed by atoms with van der Waals surface area (Å²) >= 11 is 0. The third-order valence-electron chi connectivity index (χ3n) is 8.22. The van der Waals surface area contributed by atoms with Gasteiger partial charge in [-0.2, -0.15) is 0 Å². The molecule has 0 bridgehead atoms. The van der Waals surface area contributed by atoms with Crippen LogP contribution in [0.15, 0.2) is 102 Å². The van der Waals surface area contributed by atoms with Crippen LogP contribution in [-0.4, -0.2) is 25.8 Å². The second kappa shape index (κ2) is 35.3. The average molecular weight is 681 g/mol. The standard InChI is InChI=1S/4C10H14.C4H11N.C4H9N/c4*1-3-9-5-7-10(4-2)8-6-9;2*1-3-5-4-2/h4*5-8H,3-4H2,1-2H3;5H,3-4H2,1-2H3;3H,4H2,1-2H3. The summed E-state index contributed by atoms with van der Waals surface area (Å²) in [7, 11) is 0. The normalized spacial score (nSPS) is 9.68. The van der Waals surface area contributed by atoms with E-state index in [-0.39, 0.29) is 0 Å². The summed E-state index contributed by atoms with van der Waals surface area (Å²) in [5.41, 5.74) is 11.4. The zero-order valence-electron chi connectivity index (χ0n) is 34.5. The van der Waals surface area contributed by atoms with Crippen molar-refractivity contribution in [1.29, 1.82) is 0 Å². The van der Waals surface area contributed by atoms with E-state index in [9.17, 15) is 0 Å². The first-order valence-electron chi connectivity index (χ1n) is 19.8. The highest BCUT2D eigenvalue weighted by atomic mass is 14.8. The van der Waals surface area contributed by atoms with Crippen molar-refractivity contribution in [2.75, 3.05) is 19.6 Å². The van der Waals surface area contributed by atoms with Crippen LogP contribution in [0.1, 0.15) is 128 Å². The predicted octanol–water partition coefficient (Wildman–Crippen LogP) is 13.0. The molecule has 0 saturated heterocycles. The van der Waals surface area contributed by atoms with Gasteiger partial charge in [0.2, 0.25) is 0 Å². The number of nitrogens with zero attached hydrogens (tertiary/aromatic N) is 1. The molecule has 0 atom stereocenters. The molecule has 1 N–H and O–H groups in total. The van der Waals surface area contributed by atoms with Gasteiger partial charge in [0.15, 0.2) is 0 Å². The molecule has 0 aliphatic carbocycles. The maximum Gasteiger partial charge on any atom is 0.0356 e. The van der Waals surface area contributed by atoms with Gasteiger partial charge in [0.1, 0.15) is 0 Å². The van der Waals surface area contributed by atoms with Crippen LogP contribution < -0.4 is 5.32 Å². The molecule has 0 amide bonds. The highest BCUT2D eigenvalue weighted by Crippen LogP contribution is 2.07. The maximum atomic E-state index is 3.85. The van der Waals surface area contributed by atoms with Crippen molar-refractivity contribution in [2.24, 2.45) is 4.99 Å². The lowest BCUT2D eigenvalue weighted by Crippen LogP contribution is -2.09. The minimum Gasteiger partial charge on any atom is -0.317 e. The number of aliphatic imine (C=N–C) groups is 1. The molecule has 4 aromatic carbocycles. The van der Waals surface area contributed by atoms with Gasteiger partial charge < -0.3 is 5.32 Å². The molecule has 278 valence electrons. The van der Waals surface area contributed by atoms with E-state index in [1.807, 2.05) is 13.8 Å². The molecule has 2 heteroatoms. The summed E-state index contributed by atoms with van der Waals surface area (Å²) in [5, 5.41) is 3.11. The Morgan fingerprint density at radius 2 is 0.500 bits per heavy atom. The fourth-order valence-electron chi connectivity index (χ4n) is 4.48. The summed E-state index contributed by atoms with van der Waals surface area (Å²) in [6.07, 6.45) is 10.9. The van der Waals surface area contributed by atoms with Crippen molar-refractivity contribution in [3.8, 4) is 0 Å². The van der Waals surface area contributed by atoms with Crippen LogP contribution in [0, 0.1) is 0 Å². The van der Waals surface area contributed by atoms with E-state index in [0.29, 0.717) is 0 Å². The van der Waals surface area contributed by atoms with Gasteiger partial charge in [-0.15, -0.1) is 0 Å². The summed E-state index contributed by atoms with van der Waals surface area (Å²) in [6.45, 7) is 28.7. The summed E-state index contributed by atoms with van der Waals surface area (Å²) in [5.74, 6) is 0. The van der Waals surface area contributed by atoms with Gasteiger partial charge in [-0.3, -0.25) is 4.99 Å². The fraction of sp³-hybridized carbons (Fsp3) is 0.479. The smallest absolute Gasteiger partial charge is 0.0356 e. The van der Waals surface area contributed by atoms with Gasteiger partial charge in [0.05, 0.1) is 0 Å². The van der Waals surface area contributed by atoms with Crippen molar-refractivity contribution < 1.29 is 0 Å². The van der Waals surface area contributed by atoms with Crippen molar-refractivity contribution in [2.45, 2.75) is 134 Å². The van der Waals surface area contributed by atoms with Crippen LogP contribution in [0.4, 0.5) is 0 Å². The molecular formula is C48H76N2. The highest BCUT2D eigenvalue weighted by molar-refractivity contribution is 5.52. The fourth-order valence-corrected chi connectivity index (χ4v) is 4.48. The molecule has 0 spiro atoms. The van der Waals surface area contributed by atoms with E-state index in [0.717, 1.165) is 71.0 Å². The van der Waals surface area contributed by atoms with Crippen LogP contribution in [0.2, 0.25) is 0 Å². The summed E-state index contributed by atoms with van der Waals surface area (Å²) in [4.78, 5) is 3.85. The van der Waals surface area contributed by atoms with Gasteiger partial charge in [0, 0.05) is 6.54 Å². The molecule has 50 heavy (non-hydrogen) atoms. The first kappa shape index (κ1) is 48.6. The van der Waals surface area contributed by atoms with Gasteiger partial charge in [-0.25, -0.2) is 0 Å². The second-order valence-corrected chi connectivity index (χ2v) is 11.8. The van der Waals surface area contributed by atoms with Crippen LogP contribution >= 0.6 is 0 Å². The number of hydrogen-bond acceptors (Lipinski definition) is 2. The van der Waals surface area contributed by atoms with Crippen LogP contribution in [0.25, 0.3) is 0 Å². The molecule has 0 fully saturated rings. The largest absolute Gasteiger partial charge is 0.317 e. The summed E-state index contributed by atoms with van der Waals surface area (Å²) < 4.78 is 0. The SMILES string of the molecule is CC=NCC.CCNCC.CCc1ccc(CC)cc1.CCc1ccc(CC)cc1.CCc1ccc(CC)cc1.CCc1ccc(CC)cc1. The summed E-state index contributed by atoms with van der Waals surface area (Å²) in [6, 6.07) is 35.3. The van der Waals surface area contributed by atoms with Crippen LogP contribution in [0.5, 0.6) is 0 Å². The number of benzene rings is 4. The molecule has 0 aromatic heterocycles. The first-order chi connectivity index (χ1) is 24.3. The molecule has 0 saturated carbocycles. The van der Waals surface area contributed by atoms with Gasteiger partial charge in [-0.05, 0) is 129 Å². The van der Waals surface area contributed by atoms with Crippen molar-refractivity contribution >= 4 is 6.21 Å². The Morgan fingerprint density at radius 3 is 0.540 bits per heavy atom. The molecule has 2 nitrogen and oxygen atoms in total. The second-order valence-electron chi connectivity index (χ2n) is 11.8. The molecule has 0 heterocycles.